The maximum Gasteiger partial charge on any atom is 0.573 e. The molecule has 1 aliphatic heterocycles. The molecular weight excluding hydrogens is 446 g/mol. The zero-order valence-corrected chi connectivity index (χ0v) is 16.1. The van der Waals surface area contributed by atoms with Crippen molar-refractivity contribution in [3.8, 4) is 17.2 Å². The lowest BCUT2D eigenvalue weighted by Crippen LogP contribution is -2.45. The smallest absolute Gasteiger partial charge is 0.453 e. The van der Waals surface area contributed by atoms with Crippen LogP contribution in [0.2, 0.25) is 0 Å². The van der Waals surface area contributed by atoms with Gasteiger partial charge in [-0.3, -0.25) is 9.59 Å². The quantitative estimate of drug-likeness (QED) is 0.646. The van der Waals surface area contributed by atoms with Gasteiger partial charge in [0.1, 0.15) is 5.75 Å². The summed E-state index contributed by atoms with van der Waals surface area (Å²) < 4.78 is 86.7. The first-order valence-electron chi connectivity index (χ1n) is 9.24. The first-order chi connectivity index (χ1) is 14.9. The van der Waals surface area contributed by atoms with Gasteiger partial charge in [0.15, 0.2) is 11.5 Å². The van der Waals surface area contributed by atoms with Gasteiger partial charge in [-0.1, -0.05) is 12.1 Å². The Hall–Kier alpha value is -3.44. The fraction of sp³-hybridized carbons (Fsp3) is 0.300. The molecule has 1 heterocycles. The van der Waals surface area contributed by atoms with Gasteiger partial charge in [-0.2, -0.15) is 13.2 Å². The van der Waals surface area contributed by atoms with Crippen molar-refractivity contribution in [2.75, 3.05) is 6.54 Å². The molecule has 0 aromatic heterocycles. The third-order valence-electron chi connectivity index (χ3n) is 4.43. The molecule has 1 saturated heterocycles. The summed E-state index contributed by atoms with van der Waals surface area (Å²) in [5, 5.41) is 5.10. The van der Waals surface area contributed by atoms with Gasteiger partial charge in [-0.25, -0.2) is 0 Å². The molecule has 2 aromatic rings. The molecule has 2 aromatic carbocycles. The number of piperidine rings is 1. The van der Waals surface area contributed by atoms with Gasteiger partial charge in [0.2, 0.25) is 5.91 Å². The zero-order chi connectivity index (χ0) is 23.5. The molecule has 2 amide bonds. The molecule has 6 nitrogen and oxygen atoms in total. The second-order valence-electron chi connectivity index (χ2n) is 6.82. The fourth-order valence-electron chi connectivity index (χ4n) is 3.00. The Kier molecular flexibility index (Phi) is 6.51. The molecule has 3 rings (SSSR count). The summed E-state index contributed by atoms with van der Waals surface area (Å²) in [6.07, 6.45) is -9.49. The van der Waals surface area contributed by atoms with Crippen LogP contribution in [0.5, 0.6) is 17.2 Å². The summed E-state index contributed by atoms with van der Waals surface area (Å²) in [4.78, 5) is 24.2. The summed E-state index contributed by atoms with van der Waals surface area (Å²) in [6.45, 7) is 0.308. The second-order valence-corrected chi connectivity index (χ2v) is 6.82. The Labute approximate surface area is 177 Å². The van der Waals surface area contributed by atoms with Gasteiger partial charge in [-0.15, -0.1) is 13.2 Å². The van der Waals surface area contributed by atoms with Gasteiger partial charge < -0.3 is 20.1 Å². The fourth-order valence-corrected chi connectivity index (χ4v) is 3.00. The van der Waals surface area contributed by atoms with Crippen LogP contribution in [0.25, 0.3) is 0 Å². The molecule has 0 bridgehead atoms. The summed E-state index contributed by atoms with van der Waals surface area (Å²) in [5.41, 5.74) is -1.53. The number of ether oxygens (including phenoxy) is 2. The largest absolute Gasteiger partial charge is 0.573 e. The van der Waals surface area contributed by atoms with E-state index in [0.29, 0.717) is 25.1 Å². The van der Waals surface area contributed by atoms with Gasteiger partial charge in [0.05, 0.1) is 11.1 Å². The van der Waals surface area contributed by atoms with Crippen LogP contribution in [-0.2, 0) is 11.0 Å². The predicted molar refractivity (Wildman–Crippen MR) is 98.1 cm³/mol. The highest BCUT2D eigenvalue weighted by atomic mass is 19.4. The highest BCUT2D eigenvalue weighted by Crippen LogP contribution is 2.39. The third-order valence-corrected chi connectivity index (χ3v) is 4.43. The summed E-state index contributed by atoms with van der Waals surface area (Å²) in [5.74, 6) is -3.12. The number of carbonyl (C=O) groups excluding carboxylic acids is 2. The van der Waals surface area contributed by atoms with E-state index in [1.54, 1.807) is 0 Å². The van der Waals surface area contributed by atoms with Crippen LogP contribution in [0.1, 0.15) is 28.8 Å². The van der Waals surface area contributed by atoms with E-state index in [-0.39, 0.29) is 17.9 Å². The van der Waals surface area contributed by atoms with Crippen LogP contribution in [0.15, 0.2) is 42.5 Å². The van der Waals surface area contributed by atoms with Crippen molar-refractivity contribution in [2.24, 2.45) is 0 Å². The molecule has 0 spiro atoms. The Morgan fingerprint density at radius 1 is 1.00 bits per heavy atom. The van der Waals surface area contributed by atoms with Gasteiger partial charge in [0, 0.05) is 19.0 Å². The van der Waals surface area contributed by atoms with Gasteiger partial charge in [0.25, 0.3) is 5.91 Å². The molecule has 2 N–H and O–H groups in total. The average Bonchev–Trinajstić information content (AvgIpc) is 2.67. The van der Waals surface area contributed by atoms with Crippen LogP contribution in [0.3, 0.4) is 0 Å². The lowest BCUT2D eigenvalue weighted by Gasteiger charge is -2.24. The number of carbonyl (C=O) groups is 2. The number of rotatable bonds is 5. The molecular formula is C20H16F6N2O4. The normalized spacial score (nSPS) is 16.8. The van der Waals surface area contributed by atoms with E-state index in [2.05, 4.69) is 15.4 Å². The van der Waals surface area contributed by atoms with Crippen LogP contribution in [0.4, 0.5) is 26.3 Å². The van der Waals surface area contributed by atoms with Crippen molar-refractivity contribution >= 4 is 11.8 Å². The minimum Gasteiger partial charge on any atom is -0.453 e. The number of alkyl halides is 6. The molecule has 0 aliphatic carbocycles. The minimum absolute atomic E-state index is 0.0230. The zero-order valence-electron chi connectivity index (χ0n) is 16.1. The van der Waals surface area contributed by atoms with Crippen molar-refractivity contribution in [1.29, 1.82) is 0 Å². The lowest BCUT2D eigenvalue weighted by molar-refractivity contribution is -0.275. The summed E-state index contributed by atoms with van der Waals surface area (Å²) >= 11 is 0. The second kappa shape index (κ2) is 8.97. The first kappa shape index (κ1) is 23.2. The van der Waals surface area contributed by atoms with Crippen molar-refractivity contribution in [3.05, 3.63) is 53.6 Å². The Morgan fingerprint density at radius 2 is 1.69 bits per heavy atom. The number of hydrogen-bond acceptors (Lipinski definition) is 4. The first-order valence-corrected chi connectivity index (χ1v) is 9.24. The number of halogens is 6. The van der Waals surface area contributed by atoms with E-state index in [1.807, 2.05) is 0 Å². The molecule has 0 radical (unpaired) electrons. The topological polar surface area (TPSA) is 76.7 Å². The number of amides is 2. The van der Waals surface area contributed by atoms with Crippen LogP contribution >= 0.6 is 0 Å². The average molecular weight is 462 g/mol. The molecule has 32 heavy (non-hydrogen) atoms. The molecule has 1 unspecified atom stereocenters. The van der Waals surface area contributed by atoms with Crippen molar-refractivity contribution in [3.63, 3.8) is 0 Å². The highest BCUT2D eigenvalue weighted by Gasteiger charge is 2.34. The maximum atomic E-state index is 13.2. The Morgan fingerprint density at radius 3 is 2.31 bits per heavy atom. The SMILES string of the molecule is O=C1CC(NC(=O)c2ccc(C(F)(F)F)cc2Oc2ccccc2OC(F)(F)F)CCN1. The minimum atomic E-state index is -5.07. The van der Waals surface area contributed by atoms with Crippen molar-refractivity contribution in [1.82, 2.24) is 10.6 Å². The highest BCUT2D eigenvalue weighted by molar-refractivity contribution is 5.97. The lowest BCUT2D eigenvalue weighted by atomic mass is 10.0. The maximum absolute atomic E-state index is 13.2. The third kappa shape index (κ3) is 6.05. The molecule has 172 valence electrons. The molecule has 1 atom stereocenters. The number of hydrogen-bond donors (Lipinski definition) is 2. The number of para-hydroxylation sites is 2. The van der Waals surface area contributed by atoms with Crippen molar-refractivity contribution in [2.45, 2.75) is 31.4 Å². The Balaban J connectivity index is 1.94. The molecule has 1 fully saturated rings. The van der Waals surface area contributed by atoms with E-state index in [4.69, 9.17) is 4.74 Å². The monoisotopic (exact) mass is 462 g/mol. The van der Waals surface area contributed by atoms with Crippen LogP contribution in [0, 0.1) is 0 Å². The van der Waals surface area contributed by atoms with Gasteiger partial charge >= 0.3 is 12.5 Å². The molecule has 1 aliphatic rings. The summed E-state index contributed by atoms with van der Waals surface area (Å²) in [6, 6.07) is 5.90. The Bertz CT molecular complexity index is 1010. The van der Waals surface area contributed by atoms with E-state index in [9.17, 15) is 35.9 Å². The van der Waals surface area contributed by atoms with E-state index in [1.165, 1.54) is 12.1 Å². The predicted octanol–water partition coefficient (Wildman–Crippen LogP) is 4.40. The van der Waals surface area contributed by atoms with E-state index in [0.717, 1.165) is 18.2 Å². The van der Waals surface area contributed by atoms with Crippen LogP contribution in [-0.4, -0.2) is 30.8 Å². The number of nitrogens with one attached hydrogen (secondary N) is 2. The standard InChI is InChI=1S/C20H16F6N2O4/c21-19(22,23)11-5-6-13(18(30)28-12-7-8-27-17(29)10-12)16(9-11)31-14-3-1-2-4-15(14)32-20(24,25)26/h1-6,9,12H,7-8,10H2,(H,27,29)(H,28,30). The van der Waals surface area contributed by atoms with E-state index >= 15 is 0 Å². The molecule has 12 heteroatoms. The van der Waals surface area contributed by atoms with Gasteiger partial charge in [-0.05, 0) is 36.8 Å². The summed E-state index contributed by atoms with van der Waals surface area (Å²) in [7, 11) is 0. The van der Waals surface area contributed by atoms with Crippen molar-refractivity contribution < 1.29 is 45.4 Å². The molecule has 0 saturated carbocycles. The van der Waals surface area contributed by atoms with Crippen LogP contribution < -0.4 is 20.1 Å². The van der Waals surface area contributed by atoms with E-state index < -0.39 is 47.3 Å². The number of benzene rings is 2.